The topological polar surface area (TPSA) is 26.8 Å². The highest BCUT2D eigenvalue weighted by molar-refractivity contribution is 5.76. The lowest BCUT2D eigenvalue weighted by Crippen LogP contribution is -2.42. The van der Waals surface area contributed by atoms with E-state index in [0.29, 0.717) is 12.0 Å². The van der Waals surface area contributed by atoms with E-state index in [1.54, 1.807) is 0 Å². The Morgan fingerprint density at radius 3 is 2.20 bits per heavy atom. The van der Waals surface area contributed by atoms with Crippen molar-refractivity contribution in [3.05, 3.63) is 0 Å². The quantitative estimate of drug-likeness (QED) is 0.638. The SMILES string of the molecule is CN1CCC(C2CN(C)C(=O)N2C)CC1. The Hall–Kier alpha value is -0.770. The summed E-state index contributed by atoms with van der Waals surface area (Å²) < 4.78 is 0. The number of hydrogen-bond acceptors (Lipinski definition) is 2. The molecule has 0 aromatic heterocycles. The number of carbonyl (C=O) groups is 1. The monoisotopic (exact) mass is 211 g/mol. The lowest BCUT2D eigenvalue weighted by atomic mass is 9.89. The average molecular weight is 211 g/mol. The summed E-state index contributed by atoms with van der Waals surface area (Å²) in [6.07, 6.45) is 2.46. The highest BCUT2D eigenvalue weighted by atomic mass is 16.2. The van der Waals surface area contributed by atoms with Crippen molar-refractivity contribution < 1.29 is 4.79 Å². The maximum Gasteiger partial charge on any atom is 0.319 e. The molecule has 0 radical (unpaired) electrons. The molecule has 0 aliphatic carbocycles. The summed E-state index contributed by atoms with van der Waals surface area (Å²) in [5, 5.41) is 0. The van der Waals surface area contributed by atoms with E-state index in [9.17, 15) is 4.79 Å². The predicted octanol–water partition coefficient (Wildman–Crippen LogP) is 0.694. The van der Waals surface area contributed by atoms with Gasteiger partial charge in [-0.15, -0.1) is 0 Å². The fourth-order valence-corrected chi connectivity index (χ4v) is 2.77. The van der Waals surface area contributed by atoms with Gasteiger partial charge in [-0.05, 0) is 38.9 Å². The van der Waals surface area contributed by atoms with Gasteiger partial charge in [-0.3, -0.25) is 0 Å². The third-order valence-electron chi connectivity index (χ3n) is 3.89. The highest BCUT2D eigenvalue weighted by Gasteiger charge is 2.38. The molecule has 4 nitrogen and oxygen atoms in total. The molecule has 0 aromatic rings. The van der Waals surface area contributed by atoms with Crippen LogP contribution < -0.4 is 0 Å². The molecule has 2 aliphatic rings. The average Bonchev–Trinajstić information content (AvgIpc) is 2.47. The molecule has 2 amide bonds. The first-order chi connectivity index (χ1) is 7.09. The van der Waals surface area contributed by atoms with Gasteiger partial charge < -0.3 is 14.7 Å². The molecular weight excluding hydrogens is 190 g/mol. The van der Waals surface area contributed by atoms with Gasteiger partial charge in [-0.25, -0.2) is 4.79 Å². The van der Waals surface area contributed by atoms with Crippen LogP contribution >= 0.6 is 0 Å². The van der Waals surface area contributed by atoms with E-state index in [-0.39, 0.29) is 6.03 Å². The highest BCUT2D eigenvalue weighted by Crippen LogP contribution is 2.27. The van der Waals surface area contributed by atoms with Gasteiger partial charge in [0.15, 0.2) is 0 Å². The van der Waals surface area contributed by atoms with Crippen molar-refractivity contribution in [3.63, 3.8) is 0 Å². The minimum absolute atomic E-state index is 0.180. The van der Waals surface area contributed by atoms with Crippen LogP contribution in [-0.2, 0) is 0 Å². The first-order valence-electron chi connectivity index (χ1n) is 5.76. The van der Waals surface area contributed by atoms with Gasteiger partial charge in [0.1, 0.15) is 0 Å². The van der Waals surface area contributed by atoms with Crippen LogP contribution in [0.1, 0.15) is 12.8 Å². The molecule has 2 fully saturated rings. The largest absolute Gasteiger partial charge is 0.326 e. The molecule has 1 unspecified atom stereocenters. The summed E-state index contributed by atoms with van der Waals surface area (Å²) in [6, 6.07) is 0.620. The molecule has 0 N–H and O–H groups in total. The second kappa shape index (κ2) is 4.00. The van der Waals surface area contributed by atoms with Crippen LogP contribution in [0.3, 0.4) is 0 Å². The van der Waals surface area contributed by atoms with Crippen LogP contribution in [0, 0.1) is 5.92 Å². The van der Waals surface area contributed by atoms with Gasteiger partial charge in [0.05, 0.1) is 6.04 Å². The summed E-state index contributed by atoms with van der Waals surface area (Å²) in [4.78, 5) is 17.8. The van der Waals surface area contributed by atoms with Crippen LogP contribution in [0.2, 0.25) is 0 Å². The lowest BCUT2D eigenvalue weighted by molar-refractivity contribution is 0.150. The van der Waals surface area contributed by atoms with Crippen LogP contribution in [-0.4, -0.2) is 67.5 Å². The zero-order chi connectivity index (χ0) is 11.0. The number of nitrogens with zero attached hydrogens (tertiary/aromatic N) is 3. The number of rotatable bonds is 1. The number of urea groups is 1. The van der Waals surface area contributed by atoms with Gasteiger partial charge in [0.25, 0.3) is 0 Å². The zero-order valence-corrected chi connectivity index (χ0v) is 9.94. The van der Waals surface area contributed by atoms with Gasteiger partial charge in [0.2, 0.25) is 0 Å². The summed E-state index contributed by atoms with van der Waals surface area (Å²) in [6.45, 7) is 3.25. The Kier molecular flexibility index (Phi) is 2.87. The van der Waals surface area contributed by atoms with Crippen molar-refractivity contribution in [2.45, 2.75) is 18.9 Å². The predicted molar refractivity (Wildman–Crippen MR) is 59.8 cm³/mol. The molecule has 15 heavy (non-hydrogen) atoms. The van der Waals surface area contributed by atoms with Gasteiger partial charge in [0, 0.05) is 20.6 Å². The maximum atomic E-state index is 11.7. The van der Waals surface area contributed by atoms with Crippen LogP contribution in [0.4, 0.5) is 4.79 Å². The van der Waals surface area contributed by atoms with Crippen molar-refractivity contribution in [1.29, 1.82) is 0 Å². The van der Waals surface area contributed by atoms with Crippen molar-refractivity contribution in [3.8, 4) is 0 Å². The first kappa shape index (κ1) is 10.7. The molecule has 0 spiro atoms. The van der Waals surface area contributed by atoms with E-state index in [0.717, 1.165) is 6.54 Å². The van der Waals surface area contributed by atoms with Crippen LogP contribution in [0.15, 0.2) is 0 Å². The first-order valence-corrected chi connectivity index (χ1v) is 5.76. The molecule has 86 valence electrons. The minimum atomic E-state index is 0.180. The smallest absolute Gasteiger partial charge is 0.319 e. The second-order valence-electron chi connectivity index (χ2n) is 4.98. The maximum absolute atomic E-state index is 11.7. The van der Waals surface area contributed by atoms with E-state index in [4.69, 9.17) is 0 Å². The number of likely N-dealkylation sites (tertiary alicyclic amines) is 1. The van der Waals surface area contributed by atoms with E-state index in [2.05, 4.69) is 11.9 Å². The summed E-state index contributed by atoms with van der Waals surface area (Å²) in [7, 11) is 6.01. The number of piperidine rings is 1. The fourth-order valence-electron chi connectivity index (χ4n) is 2.77. The summed E-state index contributed by atoms with van der Waals surface area (Å²) in [5.41, 5.74) is 0. The Balaban J connectivity index is 1.97. The Labute approximate surface area is 91.8 Å². The fraction of sp³-hybridized carbons (Fsp3) is 0.909. The third-order valence-corrected chi connectivity index (χ3v) is 3.89. The van der Waals surface area contributed by atoms with E-state index < -0.39 is 0 Å². The second-order valence-corrected chi connectivity index (χ2v) is 4.98. The Morgan fingerprint density at radius 1 is 1.13 bits per heavy atom. The molecule has 4 heteroatoms. The van der Waals surface area contributed by atoms with Crippen LogP contribution in [0.25, 0.3) is 0 Å². The van der Waals surface area contributed by atoms with Gasteiger partial charge in [-0.1, -0.05) is 0 Å². The number of likely N-dealkylation sites (N-methyl/N-ethyl adjacent to an activating group) is 2. The molecule has 0 bridgehead atoms. The van der Waals surface area contributed by atoms with Gasteiger partial charge >= 0.3 is 6.03 Å². The molecule has 2 aliphatic heterocycles. The molecular formula is C11H21N3O. The van der Waals surface area contributed by atoms with Crippen molar-refractivity contribution >= 4 is 6.03 Å². The summed E-state index contributed by atoms with van der Waals surface area (Å²) in [5.74, 6) is 0.695. The number of carbonyl (C=O) groups excluding carboxylic acids is 1. The van der Waals surface area contributed by atoms with E-state index in [1.807, 2.05) is 23.9 Å². The van der Waals surface area contributed by atoms with E-state index >= 15 is 0 Å². The summed E-state index contributed by atoms with van der Waals surface area (Å²) >= 11 is 0. The molecule has 2 saturated heterocycles. The third kappa shape index (κ3) is 1.95. The van der Waals surface area contributed by atoms with Crippen molar-refractivity contribution in [1.82, 2.24) is 14.7 Å². The Morgan fingerprint density at radius 2 is 1.73 bits per heavy atom. The normalized spacial score (nSPS) is 30.3. The van der Waals surface area contributed by atoms with Crippen molar-refractivity contribution in [2.24, 2.45) is 5.92 Å². The molecule has 2 rings (SSSR count). The van der Waals surface area contributed by atoms with Crippen molar-refractivity contribution in [2.75, 3.05) is 40.8 Å². The molecule has 2 heterocycles. The standard InChI is InChI=1S/C11H21N3O/c1-12-6-4-9(5-7-12)10-8-13(2)11(15)14(10)3/h9-10H,4-8H2,1-3H3. The van der Waals surface area contributed by atoms with Crippen LogP contribution in [0.5, 0.6) is 0 Å². The Bertz CT molecular complexity index is 248. The molecule has 0 aromatic carbocycles. The van der Waals surface area contributed by atoms with Gasteiger partial charge in [-0.2, -0.15) is 0 Å². The number of amides is 2. The molecule has 1 atom stereocenters. The van der Waals surface area contributed by atoms with E-state index in [1.165, 1.54) is 25.9 Å². The lowest BCUT2D eigenvalue weighted by Gasteiger charge is -2.34. The number of hydrogen-bond donors (Lipinski definition) is 0. The molecule has 0 saturated carbocycles. The minimum Gasteiger partial charge on any atom is -0.326 e. The zero-order valence-electron chi connectivity index (χ0n) is 9.94.